The quantitative estimate of drug-likeness (QED) is 0.764. The molecule has 0 amide bonds. The predicted molar refractivity (Wildman–Crippen MR) is 60.3 cm³/mol. The van der Waals surface area contributed by atoms with E-state index < -0.39 is 23.1 Å². The van der Waals surface area contributed by atoms with Gasteiger partial charge in [0.25, 0.3) is 0 Å². The standard InChI is InChI=1S/C13H15F4N/c1-8-4-5-12(18,7-8)9-2-3-10(11(14)6-9)13(15,16)17/h2-3,6,8H,4-5,7,18H2,1H3. The zero-order valence-electron chi connectivity index (χ0n) is 10.0. The Bertz CT molecular complexity index is 455. The van der Waals surface area contributed by atoms with E-state index in [-0.39, 0.29) is 0 Å². The molecule has 2 unspecified atom stereocenters. The summed E-state index contributed by atoms with van der Waals surface area (Å²) < 4.78 is 50.8. The number of rotatable bonds is 1. The molecule has 1 saturated carbocycles. The monoisotopic (exact) mass is 261 g/mol. The summed E-state index contributed by atoms with van der Waals surface area (Å²) in [5.74, 6) is -0.829. The normalized spacial score (nSPS) is 28.7. The van der Waals surface area contributed by atoms with Gasteiger partial charge in [-0.05, 0) is 42.9 Å². The minimum absolute atomic E-state index is 0.417. The average molecular weight is 261 g/mol. The van der Waals surface area contributed by atoms with Gasteiger partial charge in [0.2, 0.25) is 0 Å². The smallest absolute Gasteiger partial charge is 0.321 e. The summed E-state index contributed by atoms with van der Waals surface area (Å²) in [5, 5.41) is 0. The second-order valence-corrected chi connectivity index (χ2v) is 5.20. The van der Waals surface area contributed by atoms with Gasteiger partial charge in [0.15, 0.2) is 0 Å². The summed E-state index contributed by atoms with van der Waals surface area (Å²) in [5.41, 5.74) is 4.68. The van der Waals surface area contributed by atoms with Crippen molar-refractivity contribution < 1.29 is 17.6 Å². The number of alkyl halides is 3. The van der Waals surface area contributed by atoms with Crippen LogP contribution in [0.15, 0.2) is 18.2 Å². The maximum Gasteiger partial charge on any atom is 0.419 e. The van der Waals surface area contributed by atoms with Crippen molar-refractivity contribution >= 4 is 0 Å². The Balaban J connectivity index is 2.35. The number of hydrogen-bond acceptors (Lipinski definition) is 1. The lowest BCUT2D eigenvalue weighted by atomic mass is 9.88. The van der Waals surface area contributed by atoms with Crippen LogP contribution in [0.2, 0.25) is 0 Å². The maximum atomic E-state index is 13.5. The number of benzene rings is 1. The highest BCUT2D eigenvalue weighted by Gasteiger charge is 2.38. The first kappa shape index (κ1) is 13.3. The SMILES string of the molecule is CC1CCC(N)(c2ccc(C(F)(F)F)c(F)c2)C1. The topological polar surface area (TPSA) is 26.0 Å². The van der Waals surface area contributed by atoms with Crippen LogP contribution in [0.3, 0.4) is 0 Å². The average Bonchev–Trinajstić information content (AvgIpc) is 2.58. The highest BCUT2D eigenvalue weighted by atomic mass is 19.4. The zero-order valence-corrected chi connectivity index (χ0v) is 10.0. The van der Waals surface area contributed by atoms with Gasteiger partial charge in [-0.15, -0.1) is 0 Å². The lowest BCUT2D eigenvalue weighted by Crippen LogP contribution is -2.33. The lowest BCUT2D eigenvalue weighted by molar-refractivity contribution is -0.140. The Morgan fingerprint density at radius 1 is 1.33 bits per heavy atom. The van der Waals surface area contributed by atoms with Crippen LogP contribution in [0.25, 0.3) is 0 Å². The molecule has 0 bridgehead atoms. The van der Waals surface area contributed by atoms with Gasteiger partial charge < -0.3 is 5.73 Å². The van der Waals surface area contributed by atoms with Gasteiger partial charge in [-0.3, -0.25) is 0 Å². The molecule has 1 aromatic carbocycles. The third-order valence-electron chi connectivity index (χ3n) is 3.65. The maximum absolute atomic E-state index is 13.5. The summed E-state index contributed by atoms with van der Waals surface area (Å²) in [7, 11) is 0. The van der Waals surface area contributed by atoms with E-state index in [1.165, 1.54) is 6.07 Å². The molecule has 2 rings (SSSR count). The fourth-order valence-electron chi connectivity index (χ4n) is 2.65. The molecule has 18 heavy (non-hydrogen) atoms. The fourth-order valence-corrected chi connectivity index (χ4v) is 2.65. The number of nitrogens with two attached hydrogens (primary N) is 1. The van der Waals surface area contributed by atoms with Gasteiger partial charge in [0.05, 0.1) is 5.56 Å². The van der Waals surface area contributed by atoms with Crippen LogP contribution in [0.1, 0.15) is 37.3 Å². The van der Waals surface area contributed by atoms with Gasteiger partial charge in [0.1, 0.15) is 5.82 Å². The Labute approximate surface area is 103 Å². The lowest BCUT2D eigenvalue weighted by Gasteiger charge is -2.25. The molecular weight excluding hydrogens is 246 g/mol. The van der Waals surface area contributed by atoms with Crippen molar-refractivity contribution in [3.05, 3.63) is 35.1 Å². The van der Waals surface area contributed by atoms with Crippen molar-refractivity contribution in [1.29, 1.82) is 0 Å². The molecule has 0 aliphatic heterocycles. The molecule has 5 heteroatoms. The van der Waals surface area contributed by atoms with Crippen molar-refractivity contribution in [3.8, 4) is 0 Å². The summed E-state index contributed by atoms with van der Waals surface area (Å²) in [6.07, 6.45) is -2.39. The van der Waals surface area contributed by atoms with Crippen LogP contribution in [0.4, 0.5) is 17.6 Å². The van der Waals surface area contributed by atoms with Gasteiger partial charge in [0, 0.05) is 5.54 Å². The van der Waals surface area contributed by atoms with E-state index in [9.17, 15) is 17.6 Å². The molecule has 1 nitrogen and oxygen atoms in total. The summed E-state index contributed by atoms with van der Waals surface area (Å²) in [6.45, 7) is 2.04. The third-order valence-corrected chi connectivity index (χ3v) is 3.65. The Hall–Kier alpha value is -1.10. The predicted octanol–water partition coefficient (Wildman–Crippen LogP) is 3.82. The molecule has 1 aliphatic rings. The van der Waals surface area contributed by atoms with Crippen LogP contribution in [0, 0.1) is 11.7 Å². The van der Waals surface area contributed by atoms with Crippen LogP contribution in [-0.2, 0) is 11.7 Å². The van der Waals surface area contributed by atoms with E-state index in [1.54, 1.807) is 0 Å². The zero-order chi connectivity index (χ0) is 13.6. The van der Waals surface area contributed by atoms with E-state index in [0.29, 0.717) is 24.3 Å². The highest BCUT2D eigenvalue weighted by Crippen LogP contribution is 2.41. The molecule has 0 spiro atoms. The van der Waals surface area contributed by atoms with Crippen molar-refractivity contribution in [2.24, 2.45) is 11.7 Å². The van der Waals surface area contributed by atoms with Crippen molar-refractivity contribution in [1.82, 2.24) is 0 Å². The largest absolute Gasteiger partial charge is 0.419 e. The van der Waals surface area contributed by atoms with Crippen molar-refractivity contribution in [3.63, 3.8) is 0 Å². The number of hydrogen-bond donors (Lipinski definition) is 1. The molecule has 100 valence electrons. The van der Waals surface area contributed by atoms with Gasteiger partial charge >= 0.3 is 6.18 Å². The molecule has 1 aliphatic carbocycles. The van der Waals surface area contributed by atoms with Gasteiger partial charge in [-0.1, -0.05) is 13.0 Å². The van der Waals surface area contributed by atoms with Crippen LogP contribution < -0.4 is 5.73 Å². The minimum Gasteiger partial charge on any atom is -0.321 e. The molecule has 2 atom stereocenters. The molecule has 0 heterocycles. The molecule has 0 radical (unpaired) electrons. The van der Waals surface area contributed by atoms with Crippen molar-refractivity contribution in [2.45, 2.75) is 37.9 Å². The van der Waals surface area contributed by atoms with E-state index in [2.05, 4.69) is 0 Å². The van der Waals surface area contributed by atoms with Crippen LogP contribution in [-0.4, -0.2) is 0 Å². The first-order chi connectivity index (χ1) is 8.22. The summed E-state index contributed by atoms with van der Waals surface area (Å²) in [6, 6.07) is 3.01. The Morgan fingerprint density at radius 3 is 2.44 bits per heavy atom. The fraction of sp³-hybridized carbons (Fsp3) is 0.538. The second-order valence-electron chi connectivity index (χ2n) is 5.20. The third kappa shape index (κ3) is 2.36. The number of halogens is 4. The molecule has 1 fully saturated rings. The van der Waals surface area contributed by atoms with E-state index >= 15 is 0 Å². The molecule has 2 N–H and O–H groups in total. The minimum atomic E-state index is -4.66. The Kier molecular flexibility index (Phi) is 3.13. The molecule has 0 aromatic heterocycles. The molecule has 0 saturated heterocycles. The highest BCUT2D eigenvalue weighted by molar-refractivity contribution is 5.32. The molecule has 1 aromatic rings. The van der Waals surface area contributed by atoms with Gasteiger partial charge in [-0.25, -0.2) is 4.39 Å². The first-order valence-corrected chi connectivity index (χ1v) is 5.88. The van der Waals surface area contributed by atoms with Crippen LogP contribution in [0.5, 0.6) is 0 Å². The molecular formula is C13H15F4N. The van der Waals surface area contributed by atoms with Crippen LogP contribution >= 0.6 is 0 Å². The Morgan fingerprint density at radius 2 is 2.00 bits per heavy atom. The van der Waals surface area contributed by atoms with Gasteiger partial charge in [-0.2, -0.15) is 13.2 Å². The summed E-state index contributed by atoms with van der Waals surface area (Å²) >= 11 is 0. The first-order valence-electron chi connectivity index (χ1n) is 5.88. The van der Waals surface area contributed by atoms with E-state index in [4.69, 9.17) is 5.73 Å². The second kappa shape index (κ2) is 4.23. The van der Waals surface area contributed by atoms with E-state index in [0.717, 1.165) is 18.6 Å². The van der Waals surface area contributed by atoms with E-state index in [1.807, 2.05) is 6.92 Å². The van der Waals surface area contributed by atoms with Crippen molar-refractivity contribution in [2.75, 3.05) is 0 Å². The summed E-state index contributed by atoms with van der Waals surface area (Å²) in [4.78, 5) is 0.